The number of hydrogen-bond acceptors (Lipinski definition) is 8. The number of carbonyl (C=O) groups is 6. The molecule has 1 aliphatic rings. The Hall–Kier alpha value is -3.22. The molecule has 1 fully saturated rings. The molecule has 222 valence electrons. The van der Waals surface area contributed by atoms with E-state index in [4.69, 9.17) is 4.74 Å². The molecule has 0 aromatic heterocycles. The van der Waals surface area contributed by atoms with Crippen molar-refractivity contribution in [1.82, 2.24) is 31.9 Å². The first kappa shape index (κ1) is 33.8. The Balaban J connectivity index is 2.67. The molecule has 4 atom stereocenters. The van der Waals surface area contributed by atoms with Crippen molar-refractivity contribution >= 4 is 35.5 Å². The molecule has 13 nitrogen and oxygen atoms in total. The van der Waals surface area contributed by atoms with Crippen molar-refractivity contribution in [3.05, 3.63) is 0 Å². The summed E-state index contributed by atoms with van der Waals surface area (Å²) in [5.74, 6) is -2.90. The maximum absolute atomic E-state index is 12.8. The maximum atomic E-state index is 12.8. The van der Waals surface area contributed by atoms with Crippen LogP contribution in [0.25, 0.3) is 0 Å². The number of rotatable bonds is 16. The molecule has 0 radical (unpaired) electrons. The van der Waals surface area contributed by atoms with E-state index in [1.807, 2.05) is 27.7 Å². The average Bonchev–Trinajstić information content (AvgIpc) is 3.39. The number of ether oxygens (including phenoxy) is 1. The standard InChI is InChI=1S/C26H46N6O7/c1-7-39-22(34)14-29-23(35)17(6)30-26(38)20(12-16(4)5)31-21(33)13-28-24(36)19(11-15(2)3)32-25(37)18-9-8-10-27-18/h15-20,27H,7-14H2,1-6H3,(H,28,36)(H,29,35)(H,30,38)(H,31,33)(H,32,37). The lowest BCUT2D eigenvalue weighted by Crippen LogP contribution is -2.56. The normalized spacial score (nSPS) is 17.1. The molecule has 0 aromatic rings. The van der Waals surface area contributed by atoms with Crippen molar-refractivity contribution in [3.8, 4) is 0 Å². The van der Waals surface area contributed by atoms with Gasteiger partial charge in [0.2, 0.25) is 29.5 Å². The van der Waals surface area contributed by atoms with Crippen LogP contribution in [0.15, 0.2) is 0 Å². The van der Waals surface area contributed by atoms with Crippen molar-refractivity contribution in [2.75, 3.05) is 26.2 Å². The third kappa shape index (κ3) is 13.4. The van der Waals surface area contributed by atoms with Gasteiger partial charge >= 0.3 is 5.97 Å². The summed E-state index contributed by atoms with van der Waals surface area (Å²) in [5.41, 5.74) is 0. The van der Waals surface area contributed by atoms with E-state index in [1.54, 1.807) is 6.92 Å². The molecule has 39 heavy (non-hydrogen) atoms. The van der Waals surface area contributed by atoms with Gasteiger partial charge in [0, 0.05) is 0 Å². The number of nitrogens with one attached hydrogen (secondary N) is 6. The molecule has 13 heteroatoms. The van der Waals surface area contributed by atoms with Crippen LogP contribution in [0.2, 0.25) is 0 Å². The maximum Gasteiger partial charge on any atom is 0.325 e. The Bertz CT molecular complexity index is 858. The number of hydrogen-bond donors (Lipinski definition) is 6. The SMILES string of the molecule is CCOC(=O)CNC(=O)C(C)NC(=O)C(CC(C)C)NC(=O)CNC(=O)C(CC(C)C)NC(=O)C1CCCN1. The van der Waals surface area contributed by atoms with Gasteiger partial charge in [-0.25, -0.2) is 0 Å². The van der Waals surface area contributed by atoms with Gasteiger partial charge < -0.3 is 36.6 Å². The fraction of sp³-hybridized carbons (Fsp3) is 0.769. The molecule has 1 saturated heterocycles. The van der Waals surface area contributed by atoms with Crippen molar-refractivity contribution in [3.63, 3.8) is 0 Å². The number of amides is 5. The quantitative estimate of drug-likeness (QED) is 0.133. The number of esters is 1. The fourth-order valence-electron chi connectivity index (χ4n) is 4.03. The Labute approximate surface area is 230 Å². The molecule has 6 N–H and O–H groups in total. The summed E-state index contributed by atoms with van der Waals surface area (Å²) in [6.07, 6.45) is 2.29. The van der Waals surface area contributed by atoms with Gasteiger partial charge in [0.15, 0.2) is 0 Å². The monoisotopic (exact) mass is 554 g/mol. The predicted octanol–water partition coefficient (Wildman–Crippen LogP) is -0.900. The Kier molecular flexibility index (Phi) is 15.1. The smallest absolute Gasteiger partial charge is 0.325 e. The highest BCUT2D eigenvalue weighted by Gasteiger charge is 2.29. The summed E-state index contributed by atoms with van der Waals surface area (Å²) >= 11 is 0. The zero-order valence-corrected chi connectivity index (χ0v) is 24.0. The molecule has 0 spiro atoms. The van der Waals surface area contributed by atoms with Gasteiger partial charge in [-0.2, -0.15) is 0 Å². The van der Waals surface area contributed by atoms with E-state index in [9.17, 15) is 28.8 Å². The summed E-state index contributed by atoms with van der Waals surface area (Å²) in [6.45, 7) is 10.9. The Morgan fingerprint density at radius 1 is 0.795 bits per heavy atom. The molecular weight excluding hydrogens is 508 g/mol. The third-order valence-corrected chi connectivity index (χ3v) is 5.96. The molecule has 0 aliphatic carbocycles. The first-order chi connectivity index (χ1) is 18.3. The predicted molar refractivity (Wildman–Crippen MR) is 144 cm³/mol. The molecule has 4 unspecified atom stereocenters. The van der Waals surface area contributed by atoms with Crippen LogP contribution < -0.4 is 31.9 Å². The highest BCUT2D eigenvalue weighted by molar-refractivity contribution is 5.95. The summed E-state index contributed by atoms with van der Waals surface area (Å²) in [4.78, 5) is 74.5. The average molecular weight is 555 g/mol. The highest BCUT2D eigenvalue weighted by Crippen LogP contribution is 2.09. The second-order valence-electron chi connectivity index (χ2n) is 10.6. The van der Waals surface area contributed by atoms with Gasteiger partial charge in [-0.05, 0) is 57.9 Å². The van der Waals surface area contributed by atoms with Gasteiger partial charge in [-0.1, -0.05) is 27.7 Å². The van der Waals surface area contributed by atoms with E-state index in [1.165, 1.54) is 6.92 Å². The van der Waals surface area contributed by atoms with Gasteiger partial charge in [0.1, 0.15) is 24.7 Å². The fourth-order valence-corrected chi connectivity index (χ4v) is 4.03. The molecule has 1 rings (SSSR count). The number of carbonyl (C=O) groups excluding carboxylic acids is 6. The van der Waals surface area contributed by atoms with Crippen LogP contribution in [0.3, 0.4) is 0 Å². The summed E-state index contributed by atoms with van der Waals surface area (Å²) in [5, 5.41) is 16.0. The van der Waals surface area contributed by atoms with E-state index in [-0.39, 0.29) is 43.5 Å². The van der Waals surface area contributed by atoms with Gasteiger partial charge in [-0.15, -0.1) is 0 Å². The minimum atomic E-state index is -0.965. The summed E-state index contributed by atoms with van der Waals surface area (Å²) in [7, 11) is 0. The highest BCUT2D eigenvalue weighted by atomic mass is 16.5. The van der Waals surface area contributed by atoms with Gasteiger partial charge in [0.05, 0.1) is 19.2 Å². The van der Waals surface area contributed by atoms with Crippen LogP contribution in [-0.4, -0.2) is 85.9 Å². The Morgan fingerprint density at radius 2 is 1.38 bits per heavy atom. The van der Waals surface area contributed by atoms with Crippen LogP contribution in [0.4, 0.5) is 0 Å². The van der Waals surface area contributed by atoms with Crippen molar-refractivity contribution in [2.45, 2.75) is 91.4 Å². The zero-order chi connectivity index (χ0) is 29.5. The minimum Gasteiger partial charge on any atom is -0.465 e. The van der Waals surface area contributed by atoms with Crippen LogP contribution in [-0.2, 0) is 33.5 Å². The molecule has 5 amide bonds. The van der Waals surface area contributed by atoms with E-state index < -0.39 is 47.7 Å². The Morgan fingerprint density at radius 3 is 1.92 bits per heavy atom. The van der Waals surface area contributed by atoms with E-state index in [0.717, 1.165) is 13.0 Å². The van der Waals surface area contributed by atoms with Crippen molar-refractivity contribution in [2.24, 2.45) is 11.8 Å². The molecular formula is C26H46N6O7. The van der Waals surface area contributed by atoms with Gasteiger partial charge in [0.25, 0.3) is 0 Å². The second kappa shape index (κ2) is 17.4. The van der Waals surface area contributed by atoms with E-state index in [2.05, 4.69) is 31.9 Å². The zero-order valence-electron chi connectivity index (χ0n) is 24.0. The first-order valence-electron chi connectivity index (χ1n) is 13.7. The largest absolute Gasteiger partial charge is 0.465 e. The van der Waals surface area contributed by atoms with Crippen LogP contribution in [0, 0.1) is 11.8 Å². The van der Waals surface area contributed by atoms with E-state index >= 15 is 0 Å². The lowest BCUT2D eigenvalue weighted by molar-refractivity contribution is -0.143. The lowest BCUT2D eigenvalue weighted by Gasteiger charge is -2.24. The molecule has 0 aromatic carbocycles. The molecule has 0 saturated carbocycles. The molecule has 1 heterocycles. The van der Waals surface area contributed by atoms with Crippen LogP contribution in [0.5, 0.6) is 0 Å². The van der Waals surface area contributed by atoms with Crippen LogP contribution >= 0.6 is 0 Å². The van der Waals surface area contributed by atoms with Crippen LogP contribution in [0.1, 0.15) is 67.2 Å². The third-order valence-electron chi connectivity index (χ3n) is 5.96. The molecule has 0 bridgehead atoms. The van der Waals surface area contributed by atoms with E-state index in [0.29, 0.717) is 19.3 Å². The molecule has 1 aliphatic heterocycles. The minimum absolute atomic E-state index is 0.0402. The first-order valence-corrected chi connectivity index (χ1v) is 13.7. The topological polar surface area (TPSA) is 184 Å². The second-order valence-corrected chi connectivity index (χ2v) is 10.6. The summed E-state index contributed by atoms with van der Waals surface area (Å²) in [6, 6.07) is -3.04. The van der Waals surface area contributed by atoms with Crippen molar-refractivity contribution in [1.29, 1.82) is 0 Å². The van der Waals surface area contributed by atoms with Crippen molar-refractivity contribution < 1.29 is 33.5 Å². The van der Waals surface area contributed by atoms with Gasteiger partial charge in [-0.3, -0.25) is 28.8 Å². The lowest BCUT2D eigenvalue weighted by atomic mass is 10.0. The summed E-state index contributed by atoms with van der Waals surface area (Å²) < 4.78 is 4.75.